The number of ether oxygens (including phenoxy) is 1. The van der Waals surface area contributed by atoms with E-state index in [9.17, 15) is 4.79 Å². The number of aromatic nitrogens is 2. The summed E-state index contributed by atoms with van der Waals surface area (Å²) in [4.78, 5) is 14.9. The topological polar surface area (TPSA) is 47.4 Å². The molecule has 1 aromatic carbocycles. The number of carbonyl (C=O) groups is 1. The summed E-state index contributed by atoms with van der Waals surface area (Å²) in [6.45, 7) is 2.16. The van der Waals surface area contributed by atoms with Crippen molar-refractivity contribution in [1.29, 1.82) is 0 Å². The van der Waals surface area contributed by atoms with E-state index in [4.69, 9.17) is 4.74 Å². The standard InChI is InChI=1S/C17H19N3O2/c1-19-10-14(16(18-19)13-7-9-22-11-13)17(21)20-8-6-12-4-2-3-5-15(12)20/h2-5,10,13H,6-9,11H2,1H3/t13-/m1/s1. The van der Waals surface area contributed by atoms with Crippen molar-refractivity contribution in [3.63, 3.8) is 0 Å². The zero-order valence-corrected chi connectivity index (χ0v) is 12.7. The van der Waals surface area contributed by atoms with Gasteiger partial charge in [-0.15, -0.1) is 0 Å². The zero-order valence-electron chi connectivity index (χ0n) is 12.7. The Kier molecular flexibility index (Phi) is 3.22. The van der Waals surface area contributed by atoms with Crippen LogP contribution < -0.4 is 4.90 Å². The van der Waals surface area contributed by atoms with E-state index in [1.165, 1.54) is 5.56 Å². The van der Waals surface area contributed by atoms with Crippen molar-refractivity contribution < 1.29 is 9.53 Å². The average Bonchev–Trinajstić information content (AvgIpc) is 3.25. The van der Waals surface area contributed by atoms with Crippen LogP contribution in [0.25, 0.3) is 0 Å². The number of aryl methyl sites for hydroxylation is 1. The molecule has 1 amide bonds. The maximum Gasteiger partial charge on any atom is 0.261 e. The highest BCUT2D eigenvalue weighted by molar-refractivity contribution is 6.08. The quantitative estimate of drug-likeness (QED) is 0.853. The molecule has 5 nitrogen and oxygen atoms in total. The van der Waals surface area contributed by atoms with E-state index < -0.39 is 0 Å². The van der Waals surface area contributed by atoms with E-state index in [2.05, 4.69) is 11.2 Å². The summed E-state index contributed by atoms with van der Waals surface area (Å²) in [7, 11) is 1.87. The third-order valence-corrected chi connectivity index (χ3v) is 4.54. The van der Waals surface area contributed by atoms with Gasteiger partial charge in [-0.05, 0) is 24.5 Å². The molecule has 1 aromatic heterocycles. The lowest BCUT2D eigenvalue weighted by Crippen LogP contribution is -2.29. The Morgan fingerprint density at radius 3 is 3.05 bits per heavy atom. The van der Waals surface area contributed by atoms with E-state index in [1.807, 2.05) is 36.3 Å². The van der Waals surface area contributed by atoms with Crippen LogP contribution in [0, 0.1) is 0 Å². The van der Waals surface area contributed by atoms with Gasteiger partial charge in [-0.3, -0.25) is 9.48 Å². The number of benzene rings is 1. The molecule has 4 rings (SSSR count). The fourth-order valence-corrected chi connectivity index (χ4v) is 3.42. The van der Waals surface area contributed by atoms with Crippen LogP contribution in [-0.4, -0.2) is 35.4 Å². The van der Waals surface area contributed by atoms with Gasteiger partial charge in [-0.1, -0.05) is 18.2 Å². The molecule has 2 aromatic rings. The molecule has 0 spiro atoms. The Balaban J connectivity index is 1.69. The van der Waals surface area contributed by atoms with E-state index in [-0.39, 0.29) is 11.8 Å². The molecule has 2 aliphatic heterocycles. The molecule has 1 atom stereocenters. The number of fused-ring (bicyclic) bond motifs is 1. The van der Waals surface area contributed by atoms with Crippen LogP contribution in [0.3, 0.4) is 0 Å². The van der Waals surface area contributed by atoms with Gasteiger partial charge in [0.25, 0.3) is 5.91 Å². The molecular formula is C17H19N3O2. The predicted molar refractivity (Wildman–Crippen MR) is 83.2 cm³/mol. The smallest absolute Gasteiger partial charge is 0.261 e. The van der Waals surface area contributed by atoms with Crippen molar-refractivity contribution in [2.24, 2.45) is 7.05 Å². The number of hydrogen-bond donors (Lipinski definition) is 0. The number of para-hydroxylation sites is 1. The molecule has 0 aliphatic carbocycles. The Morgan fingerprint density at radius 2 is 2.23 bits per heavy atom. The minimum absolute atomic E-state index is 0.0555. The molecule has 0 saturated carbocycles. The first-order chi connectivity index (χ1) is 10.7. The van der Waals surface area contributed by atoms with Gasteiger partial charge in [0, 0.05) is 38.0 Å². The molecule has 3 heterocycles. The minimum Gasteiger partial charge on any atom is -0.381 e. The second-order valence-corrected chi connectivity index (χ2v) is 6.00. The summed E-state index contributed by atoms with van der Waals surface area (Å²) in [6.07, 6.45) is 3.70. The van der Waals surface area contributed by atoms with Crippen LogP contribution >= 0.6 is 0 Å². The molecule has 0 unspecified atom stereocenters. The number of nitrogens with zero attached hydrogens (tertiary/aromatic N) is 3. The summed E-state index contributed by atoms with van der Waals surface area (Å²) in [5.41, 5.74) is 3.87. The monoisotopic (exact) mass is 297 g/mol. The first-order valence-corrected chi connectivity index (χ1v) is 7.75. The first-order valence-electron chi connectivity index (χ1n) is 7.75. The van der Waals surface area contributed by atoms with Gasteiger partial charge in [0.1, 0.15) is 0 Å². The lowest BCUT2D eigenvalue weighted by Gasteiger charge is -2.18. The highest BCUT2D eigenvalue weighted by atomic mass is 16.5. The molecule has 2 aliphatic rings. The molecule has 0 radical (unpaired) electrons. The van der Waals surface area contributed by atoms with Crippen LogP contribution in [0.1, 0.15) is 34.0 Å². The van der Waals surface area contributed by atoms with E-state index in [1.54, 1.807) is 4.68 Å². The SMILES string of the molecule is Cn1cc(C(=O)N2CCc3ccccc32)c([C@@H]2CCOC2)n1. The number of carbonyl (C=O) groups excluding carboxylic acids is 1. The number of rotatable bonds is 2. The Morgan fingerprint density at radius 1 is 1.36 bits per heavy atom. The Labute approximate surface area is 129 Å². The largest absolute Gasteiger partial charge is 0.381 e. The predicted octanol–water partition coefficient (Wildman–Crippen LogP) is 2.13. The number of amides is 1. The fourth-order valence-electron chi connectivity index (χ4n) is 3.42. The van der Waals surface area contributed by atoms with Crippen molar-refractivity contribution in [3.05, 3.63) is 47.3 Å². The third-order valence-electron chi connectivity index (χ3n) is 4.54. The van der Waals surface area contributed by atoms with Crippen molar-refractivity contribution >= 4 is 11.6 Å². The normalized spacial score (nSPS) is 20.4. The van der Waals surface area contributed by atoms with Crippen LogP contribution in [0.15, 0.2) is 30.5 Å². The van der Waals surface area contributed by atoms with Crippen LogP contribution in [0.5, 0.6) is 0 Å². The van der Waals surface area contributed by atoms with Crippen molar-refractivity contribution in [2.45, 2.75) is 18.8 Å². The maximum atomic E-state index is 13.0. The van der Waals surface area contributed by atoms with E-state index in [0.29, 0.717) is 6.61 Å². The second-order valence-electron chi connectivity index (χ2n) is 6.00. The molecular weight excluding hydrogens is 278 g/mol. The van der Waals surface area contributed by atoms with Gasteiger partial charge in [0.05, 0.1) is 17.9 Å². The van der Waals surface area contributed by atoms with Crippen molar-refractivity contribution in [3.8, 4) is 0 Å². The molecule has 1 saturated heterocycles. The molecule has 5 heteroatoms. The summed E-state index contributed by atoms with van der Waals surface area (Å²) >= 11 is 0. The molecule has 1 fully saturated rings. The Bertz CT molecular complexity index is 716. The first kappa shape index (κ1) is 13.5. The van der Waals surface area contributed by atoms with E-state index >= 15 is 0 Å². The Hall–Kier alpha value is -2.14. The number of anilines is 1. The van der Waals surface area contributed by atoms with Gasteiger partial charge in [-0.25, -0.2) is 0 Å². The maximum absolute atomic E-state index is 13.0. The van der Waals surface area contributed by atoms with E-state index in [0.717, 1.165) is 42.9 Å². The van der Waals surface area contributed by atoms with Gasteiger partial charge in [0.15, 0.2) is 0 Å². The lowest BCUT2D eigenvalue weighted by molar-refractivity contribution is 0.0988. The molecule has 114 valence electrons. The fraction of sp³-hybridized carbons (Fsp3) is 0.412. The van der Waals surface area contributed by atoms with Crippen LogP contribution in [0.2, 0.25) is 0 Å². The van der Waals surface area contributed by atoms with Crippen LogP contribution in [-0.2, 0) is 18.2 Å². The molecule has 22 heavy (non-hydrogen) atoms. The van der Waals surface area contributed by atoms with Gasteiger partial charge >= 0.3 is 0 Å². The van der Waals surface area contributed by atoms with Gasteiger partial charge in [0.2, 0.25) is 0 Å². The summed E-state index contributed by atoms with van der Waals surface area (Å²) < 4.78 is 7.20. The van der Waals surface area contributed by atoms with Gasteiger partial charge < -0.3 is 9.64 Å². The number of hydrogen-bond acceptors (Lipinski definition) is 3. The molecule has 0 N–H and O–H groups in total. The minimum atomic E-state index is 0.0555. The summed E-state index contributed by atoms with van der Waals surface area (Å²) in [5.74, 6) is 0.290. The zero-order chi connectivity index (χ0) is 15.1. The van der Waals surface area contributed by atoms with Crippen molar-refractivity contribution in [1.82, 2.24) is 9.78 Å². The highest BCUT2D eigenvalue weighted by Gasteiger charge is 2.31. The van der Waals surface area contributed by atoms with Crippen LogP contribution in [0.4, 0.5) is 5.69 Å². The summed E-state index contributed by atoms with van der Waals surface area (Å²) in [6, 6.07) is 8.13. The third kappa shape index (κ3) is 2.13. The highest BCUT2D eigenvalue weighted by Crippen LogP contribution is 2.32. The molecule has 0 bridgehead atoms. The van der Waals surface area contributed by atoms with Crippen molar-refractivity contribution in [2.75, 3.05) is 24.7 Å². The lowest BCUT2D eigenvalue weighted by atomic mass is 10.0. The summed E-state index contributed by atoms with van der Waals surface area (Å²) in [5, 5.41) is 4.53. The average molecular weight is 297 g/mol. The van der Waals surface area contributed by atoms with Gasteiger partial charge in [-0.2, -0.15) is 5.10 Å². The second kappa shape index (κ2) is 5.25.